The molecule has 3 atom stereocenters. The van der Waals surface area contributed by atoms with Crippen molar-refractivity contribution in [2.75, 3.05) is 26.4 Å². The third-order valence-electron chi connectivity index (χ3n) is 11.6. The number of nitriles is 1. The Hall–Kier alpha value is -6.31. The van der Waals surface area contributed by atoms with Gasteiger partial charge in [-0.15, -0.1) is 11.3 Å². The molecule has 0 unspecified atom stereocenters. The van der Waals surface area contributed by atoms with Crippen molar-refractivity contribution in [3.05, 3.63) is 124 Å². The van der Waals surface area contributed by atoms with Crippen molar-refractivity contribution in [3.63, 3.8) is 0 Å². The number of aryl methyl sites for hydroxylation is 1. The quantitative estimate of drug-likeness (QED) is 0.0717. The molecule has 1 saturated heterocycles. The Labute approximate surface area is 393 Å². The first-order valence-corrected chi connectivity index (χ1v) is 23.0. The second kappa shape index (κ2) is 21.3. The van der Waals surface area contributed by atoms with Crippen LogP contribution < -0.4 is 25.4 Å². The van der Waals surface area contributed by atoms with Crippen LogP contribution in [0.3, 0.4) is 0 Å². The number of benzene rings is 4. The monoisotopic (exact) mass is 932 g/mol. The highest BCUT2D eigenvalue weighted by atomic mass is 35.5. The van der Waals surface area contributed by atoms with Crippen molar-refractivity contribution >= 4 is 46.6 Å². The lowest BCUT2D eigenvalue weighted by Gasteiger charge is -2.35. The number of rotatable bonds is 17. The first kappa shape index (κ1) is 47.6. The second-order valence-corrected chi connectivity index (χ2v) is 18.8. The van der Waals surface area contributed by atoms with Gasteiger partial charge >= 0.3 is 0 Å². The first-order valence-electron chi connectivity index (χ1n) is 21.8. The zero-order valence-corrected chi connectivity index (χ0v) is 38.8. The summed E-state index contributed by atoms with van der Waals surface area (Å²) in [5.41, 5.74) is 6.79. The summed E-state index contributed by atoms with van der Waals surface area (Å²) in [6, 6.07) is 27.8. The number of hydrogen-bond acceptors (Lipinski definition) is 11. The number of aliphatic hydroxyl groups excluding tert-OH is 1. The van der Waals surface area contributed by atoms with Crippen LogP contribution in [-0.4, -0.2) is 95.3 Å². The van der Waals surface area contributed by atoms with E-state index in [4.69, 9.17) is 31.1 Å². The Bertz CT molecular complexity index is 2550. The van der Waals surface area contributed by atoms with E-state index in [-0.39, 0.29) is 63.3 Å². The minimum Gasteiger partial charge on any atom is -0.491 e. The number of nitrogens with one attached hydrogen (secondary N) is 3. The topological polar surface area (TPSA) is 192 Å². The molecule has 1 saturated carbocycles. The number of aliphatic hydroxyl groups is 1. The lowest BCUT2D eigenvalue weighted by atomic mass is 9.85. The summed E-state index contributed by atoms with van der Waals surface area (Å²) in [5.74, 6) is -0.290. The summed E-state index contributed by atoms with van der Waals surface area (Å²) in [4.78, 5) is 60.2. The Morgan fingerprint density at radius 1 is 0.924 bits per heavy atom. The minimum atomic E-state index is -0.982. The number of hydrogen-bond donors (Lipinski definition) is 4. The van der Waals surface area contributed by atoms with Crippen LogP contribution in [0, 0.1) is 23.7 Å². The second-order valence-electron chi connectivity index (χ2n) is 17.6. The van der Waals surface area contributed by atoms with Crippen LogP contribution in [0.25, 0.3) is 21.6 Å². The highest BCUT2D eigenvalue weighted by molar-refractivity contribution is 7.13. The number of β-amino-alcohol motifs (C(OH)–C–C–N with tert-alkyl or cyclic N) is 1. The molecule has 14 nitrogen and oxygen atoms in total. The molecule has 0 radical (unpaired) electrons. The van der Waals surface area contributed by atoms with Gasteiger partial charge in [-0.1, -0.05) is 80.9 Å². The lowest BCUT2D eigenvalue weighted by Crippen LogP contribution is -2.58. The Balaban J connectivity index is 0.811. The zero-order valence-electron chi connectivity index (χ0n) is 37.2. The molecule has 2 heterocycles. The van der Waals surface area contributed by atoms with Gasteiger partial charge in [0.1, 0.15) is 49.0 Å². The average Bonchev–Trinajstić information content (AvgIpc) is 3.91. The maximum Gasteiger partial charge on any atom is 0.251 e. The van der Waals surface area contributed by atoms with E-state index in [1.165, 1.54) is 4.90 Å². The van der Waals surface area contributed by atoms with E-state index in [2.05, 4.69) is 20.9 Å². The number of nitrogens with zero attached hydrogens (tertiary/aromatic N) is 3. The molecule has 0 bridgehead atoms. The molecule has 2 aliphatic rings. The molecular formula is C50H53ClN6O8S. The van der Waals surface area contributed by atoms with E-state index in [0.29, 0.717) is 40.5 Å². The summed E-state index contributed by atoms with van der Waals surface area (Å²) in [5, 5.41) is 28.7. The van der Waals surface area contributed by atoms with Gasteiger partial charge in [0, 0.05) is 50.0 Å². The summed E-state index contributed by atoms with van der Waals surface area (Å²) in [6.45, 7) is 7.64. The van der Waals surface area contributed by atoms with Gasteiger partial charge in [0.15, 0.2) is 0 Å². The number of aromatic nitrogens is 1. The number of carbonyl (C=O) groups is 4. The van der Waals surface area contributed by atoms with Crippen molar-refractivity contribution in [2.24, 2.45) is 5.41 Å². The van der Waals surface area contributed by atoms with Crippen LogP contribution in [0.4, 0.5) is 0 Å². The van der Waals surface area contributed by atoms with Crippen molar-refractivity contribution in [2.45, 2.75) is 83.8 Å². The molecule has 0 spiro atoms. The third-order valence-corrected chi connectivity index (χ3v) is 12.9. The fraction of sp³-hybridized carbons (Fsp3) is 0.360. The normalized spacial score (nSPS) is 18.3. The summed E-state index contributed by atoms with van der Waals surface area (Å²) in [6.07, 6.45) is 0.496. The Morgan fingerprint density at radius 2 is 1.59 bits per heavy atom. The number of thiazole rings is 1. The summed E-state index contributed by atoms with van der Waals surface area (Å²) < 4.78 is 17.4. The Kier molecular flexibility index (Phi) is 15.4. The number of likely N-dealkylation sites (tertiary alicyclic amines) is 1. The molecule has 1 aromatic heterocycles. The predicted molar refractivity (Wildman–Crippen MR) is 251 cm³/mol. The average molecular weight is 934 g/mol. The molecule has 4 N–H and O–H groups in total. The molecule has 5 aromatic rings. The number of carbonyl (C=O) groups excluding carboxylic acids is 4. The molecule has 1 aliphatic carbocycles. The van der Waals surface area contributed by atoms with Gasteiger partial charge in [-0.2, -0.15) is 5.26 Å². The van der Waals surface area contributed by atoms with Gasteiger partial charge in [0.25, 0.3) is 5.91 Å². The zero-order chi connectivity index (χ0) is 47.0. The first-order chi connectivity index (χ1) is 31.6. The maximum absolute atomic E-state index is 14.0. The molecule has 16 heteroatoms. The van der Waals surface area contributed by atoms with E-state index in [1.807, 2.05) is 99.9 Å². The SMILES string of the molecule is Cc1ncsc1-c1ccc(CNC(=O)[C@@H]2C[C@@H](O)CN2C(=O)[C@@H](NC(=O)COCCOc2ccc(-c3ccc(C(=O)NC4CC(Oc5ccc(C#N)c(Cl)c5)C4)cc3)cc2)C(C)(C)C)cc1. The van der Waals surface area contributed by atoms with E-state index in [1.54, 1.807) is 41.7 Å². The van der Waals surface area contributed by atoms with Crippen LogP contribution in [0.2, 0.25) is 5.02 Å². The van der Waals surface area contributed by atoms with Crippen molar-refractivity contribution in [1.82, 2.24) is 25.8 Å². The van der Waals surface area contributed by atoms with Crippen molar-refractivity contribution in [1.29, 1.82) is 5.26 Å². The minimum absolute atomic E-state index is 0.00355. The van der Waals surface area contributed by atoms with E-state index in [0.717, 1.165) is 32.8 Å². The predicted octanol–water partition coefficient (Wildman–Crippen LogP) is 6.85. The molecule has 344 valence electrons. The van der Waals surface area contributed by atoms with Gasteiger partial charge in [-0.3, -0.25) is 19.2 Å². The summed E-state index contributed by atoms with van der Waals surface area (Å²) in [7, 11) is 0. The number of halogens is 1. The van der Waals surface area contributed by atoms with Crippen molar-refractivity contribution < 1.29 is 38.5 Å². The molecule has 2 fully saturated rings. The Morgan fingerprint density at radius 3 is 2.23 bits per heavy atom. The molecular weight excluding hydrogens is 880 g/mol. The van der Waals surface area contributed by atoms with Gasteiger partial charge < -0.3 is 40.2 Å². The molecule has 4 aromatic carbocycles. The standard InChI is InChI=1S/C50H53ClN6O8S/c1-30-45(66-29-54-30)34-7-5-31(6-8-34)26-53-48(61)43-23-38(58)27-57(43)49(62)46(50(2,3)4)56-44(59)28-63-19-20-64-39-16-13-33(14-17-39)32-9-11-35(12-10-32)47(60)55-37-21-41(22-37)65-40-18-15-36(25-52)42(51)24-40/h5-18,24,29,37-38,41,43,46,58H,19-23,26-28H2,1-4H3,(H,53,61)(H,55,60)(H,56,59)/t37?,38-,41?,43+,46-/m1/s1. The van der Waals surface area contributed by atoms with Crippen LogP contribution in [0.1, 0.15) is 67.2 Å². The van der Waals surface area contributed by atoms with Gasteiger partial charge in [-0.25, -0.2) is 4.98 Å². The van der Waals surface area contributed by atoms with Crippen LogP contribution in [0.15, 0.2) is 96.5 Å². The molecule has 4 amide bonds. The fourth-order valence-corrected chi connectivity index (χ4v) is 8.85. The maximum atomic E-state index is 14.0. The molecule has 66 heavy (non-hydrogen) atoms. The van der Waals surface area contributed by atoms with Crippen LogP contribution in [-0.2, 0) is 25.7 Å². The van der Waals surface area contributed by atoms with E-state index < -0.39 is 35.4 Å². The molecule has 1 aliphatic heterocycles. The van der Waals surface area contributed by atoms with E-state index >= 15 is 0 Å². The fourth-order valence-electron chi connectivity index (χ4n) is 7.82. The number of ether oxygens (including phenoxy) is 3. The molecule has 7 rings (SSSR count). The largest absolute Gasteiger partial charge is 0.491 e. The van der Waals surface area contributed by atoms with Crippen molar-refractivity contribution in [3.8, 4) is 39.1 Å². The smallest absolute Gasteiger partial charge is 0.251 e. The highest BCUT2D eigenvalue weighted by Gasteiger charge is 2.44. The highest BCUT2D eigenvalue weighted by Crippen LogP contribution is 2.31. The van der Waals surface area contributed by atoms with Gasteiger partial charge in [0.05, 0.1) is 39.4 Å². The lowest BCUT2D eigenvalue weighted by molar-refractivity contribution is -0.144. The van der Waals surface area contributed by atoms with Gasteiger partial charge in [0.2, 0.25) is 17.7 Å². The van der Waals surface area contributed by atoms with Crippen LogP contribution in [0.5, 0.6) is 11.5 Å². The van der Waals surface area contributed by atoms with Gasteiger partial charge in [-0.05, 0) is 71.0 Å². The van der Waals surface area contributed by atoms with E-state index in [9.17, 15) is 24.3 Å². The third kappa shape index (κ3) is 12.1. The number of amides is 4. The summed E-state index contributed by atoms with van der Waals surface area (Å²) >= 11 is 7.67. The van der Waals surface area contributed by atoms with Crippen LogP contribution >= 0.6 is 22.9 Å².